The molecule has 1 heterocycles. The lowest BCUT2D eigenvalue weighted by Gasteiger charge is -2.36. The van der Waals surface area contributed by atoms with Gasteiger partial charge in [-0.1, -0.05) is 5.92 Å². The Bertz CT molecular complexity index is 324. The molecule has 2 amide bonds. The maximum absolute atomic E-state index is 11.8. The molecule has 1 saturated heterocycles. The van der Waals surface area contributed by atoms with Crippen molar-refractivity contribution in [2.24, 2.45) is 0 Å². The molecular formula is C11H16N2O2S. The van der Waals surface area contributed by atoms with Crippen LogP contribution < -0.4 is 5.32 Å². The summed E-state index contributed by atoms with van der Waals surface area (Å²) in [5, 5.41) is 2.64. The molecule has 1 aliphatic heterocycles. The molecule has 5 heteroatoms. The van der Waals surface area contributed by atoms with Crippen LogP contribution in [-0.4, -0.2) is 46.8 Å². The van der Waals surface area contributed by atoms with Crippen molar-refractivity contribution in [3.8, 4) is 12.3 Å². The van der Waals surface area contributed by atoms with Crippen LogP contribution >= 0.6 is 11.8 Å². The van der Waals surface area contributed by atoms with Gasteiger partial charge < -0.3 is 10.2 Å². The summed E-state index contributed by atoms with van der Waals surface area (Å²) in [4.78, 5) is 24.9. The van der Waals surface area contributed by atoms with Crippen molar-refractivity contribution in [2.75, 3.05) is 18.1 Å². The first-order chi connectivity index (χ1) is 7.57. The van der Waals surface area contributed by atoms with E-state index in [4.69, 9.17) is 6.42 Å². The lowest BCUT2D eigenvalue weighted by atomic mass is 10.1. The number of carbonyl (C=O) groups is 2. The molecule has 0 aliphatic carbocycles. The third-order valence-electron chi connectivity index (χ3n) is 2.52. The maximum Gasteiger partial charge on any atom is 0.245 e. The predicted octanol–water partition coefficient (Wildman–Crippen LogP) is 0.0882. The molecule has 0 aromatic rings. The van der Waals surface area contributed by atoms with Crippen molar-refractivity contribution in [3.05, 3.63) is 0 Å². The molecular weight excluding hydrogens is 224 g/mol. The minimum absolute atomic E-state index is 0.0200. The van der Waals surface area contributed by atoms with Crippen molar-refractivity contribution < 1.29 is 9.59 Å². The van der Waals surface area contributed by atoms with E-state index in [0.29, 0.717) is 12.3 Å². The predicted molar refractivity (Wildman–Crippen MR) is 64.9 cm³/mol. The monoisotopic (exact) mass is 240 g/mol. The first-order valence-corrected chi connectivity index (χ1v) is 6.35. The quantitative estimate of drug-likeness (QED) is 0.559. The fourth-order valence-corrected chi connectivity index (χ4v) is 2.16. The summed E-state index contributed by atoms with van der Waals surface area (Å²) < 4.78 is 0. The van der Waals surface area contributed by atoms with Crippen LogP contribution in [0.4, 0.5) is 0 Å². The second kappa shape index (κ2) is 5.80. The van der Waals surface area contributed by atoms with Gasteiger partial charge in [0.2, 0.25) is 11.8 Å². The molecule has 88 valence electrons. The largest absolute Gasteiger partial charge is 0.343 e. The highest BCUT2D eigenvalue weighted by Crippen LogP contribution is 2.11. The molecule has 1 N–H and O–H groups in total. The standard InChI is InChI=1S/C11H16N2O2S/c1-4-6-16-7-5-13-9(3)10(14)12-8(2)11(13)15/h1,8-9H,5-7H2,2-3H3,(H,12,14). The van der Waals surface area contributed by atoms with Crippen LogP contribution in [0.25, 0.3) is 0 Å². The van der Waals surface area contributed by atoms with Crippen LogP contribution in [0.3, 0.4) is 0 Å². The molecule has 0 spiro atoms. The van der Waals surface area contributed by atoms with Gasteiger partial charge in [0.25, 0.3) is 0 Å². The molecule has 2 unspecified atom stereocenters. The second-order valence-corrected chi connectivity index (χ2v) is 4.80. The van der Waals surface area contributed by atoms with Gasteiger partial charge in [0.1, 0.15) is 12.1 Å². The molecule has 0 bridgehead atoms. The van der Waals surface area contributed by atoms with E-state index in [-0.39, 0.29) is 17.9 Å². The van der Waals surface area contributed by atoms with Gasteiger partial charge >= 0.3 is 0 Å². The smallest absolute Gasteiger partial charge is 0.245 e. The number of thioether (sulfide) groups is 1. The van der Waals surface area contributed by atoms with E-state index < -0.39 is 6.04 Å². The van der Waals surface area contributed by atoms with Gasteiger partial charge in [0.05, 0.1) is 5.75 Å². The third-order valence-corrected chi connectivity index (χ3v) is 3.36. The number of terminal acetylenes is 1. The Morgan fingerprint density at radius 3 is 2.81 bits per heavy atom. The second-order valence-electron chi connectivity index (χ2n) is 3.69. The Hall–Kier alpha value is -1.15. The number of hydrogen-bond acceptors (Lipinski definition) is 3. The van der Waals surface area contributed by atoms with E-state index in [9.17, 15) is 9.59 Å². The van der Waals surface area contributed by atoms with Crippen LogP contribution in [0.5, 0.6) is 0 Å². The van der Waals surface area contributed by atoms with Crippen molar-refractivity contribution >= 4 is 23.6 Å². The minimum atomic E-state index is -0.415. The van der Waals surface area contributed by atoms with Crippen LogP contribution in [0, 0.1) is 12.3 Å². The molecule has 0 aromatic heterocycles. The number of carbonyl (C=O) groups excluding carboxylic acids is 2. The maximum atomic E-state index is 11.8. The summed E-state index contributed by atoms with van der Waals surface area (Å²) >= 11 is 1.59. The van der Waals surface area contributed by atoms with Gasteiger partial charge in [-0.25, -0.2) is 0 Å². The average Bonchev–Trinajstić information content (AvgIpc) is 2.25. The zero-order chi connectivity index (χ0) is 12.1. The summed E-state index contributed by atoms with van der Waals surface area (Å²) in [5.74, 6) is 3.82. The lowest BCUT2D eigenvalue weighted by Crippen LogP contribution is -2.61. The highest BCUT2D eigenvalue weighted by molar-refractivity contribution is 7.99. The summed E-state index contributed by atoms with van der Waals surface area (Å²) in [6.07, 6.45) is 5.13. The molecule has 2 atom stereocenters. The molecule has 1 aliphatic rings. The number of nitrogens with one attached hydrogen (secondary N) is 1. The molecule has 0 saturated carbocycles. The fourth-order valence-electron chi connectivity index (χ4n) is 1.57. The molecule has 1 rings (SSSR count). The van der Waals surface area contributed by atoms with Crippen molar-refractivity contribution in [1.29, 1.82) is 0 Å². The average molecular weight is 240 g/mol. The van der Waals surface area contributed by atoms with E-state index in [1.54, 1.807) is 30.5 Å². The van der Waals surface area contributed by atoms with Gasteiger partial charge in [-0.05, 0) is 13.8 Å². The van der Waals surface area contributed by atoms with Crippen molar-refractivity contribution in [1.82, 2.24) is 10.2 Å². The Morgan fingerprint density at radius 1 is 1.50 bits per heavy atom. The van der Waals surface area contributed by atoms with Crippen molar-refractivity contribution in [2.45, 2.75) is 25.9 Å². The van der Waals surface area contributed by atoms with E-state index in [2.05, 4.69) is 11.2 Å². The van der Waals surface area contributed by atoms with Crippen LogP contribution in [0.1, 0.15) is 13.8 Å². The summed E-state index contributed by atoms with van der Waals surface area (Å²) in [6.45, 7) is 4.02. The van der Waals surface area contributed by atoms with E-state index in [1.165, 1.54) is 0 Å². The molecule has 0 aromatic carbocycles. The Kier molecular flexibility index (Phi) is 4.69. The normalized spacial score (nSPS) is 25.2. The highest BCUT2D eigenvalue weighted by atomic mass is 32.2. The summed E-state index contributed by atoms with van der Waals surface area (Å²) in [5.41, 5.74) is 0. The molecule has 0 radical (unpaired) electrons. The van der Waals surface area contributed by atoms with Gasteiger partial charge in [-0.15, -0.1) is 18.2 Å². The van der Waals surface area contributed by atoms with Gasteiger partial charge in [0, 0.05) is 12.3 Å². The lowest BCUT2D eigenvalue weighted by molar-refractivity contribution is -0.147. The Balaban J connectivity index is 2.51. The van der Waals surface area contributed by atoms with Crippen LogP contribution in [-0.2, 0) is 9.59 Å². The molecule has 16 heavy (non-hydrogen) atoms. The van der Waals surface area contributed by atoms with Gasteiger partial charge in [0.15, 0.2) is 0 Å². The van der Waals surface area contributed by atoms with Gasteiger partial charge in [-0.2, -0.15) is 0 Å². The van der Waals surface area contributed by atoms with E-state index >= 15 is 0 Å². The summed E-state index contributed by atoms with van der Waals surface area (Å²) in [6, 6.07) is -0.795. The number of hydrogen-bond donors (Lipinski definition) is 1. The zero-order valence-electron chi connectivity index (χ0n) is 9.53. The zero-order valence-corrected chi connectivity index (χ0v) is 10.3. The number of nitrogens with zero attached hydrogens (tertiary/aromatic N) is 1. The summed E-state index contributed by atoms with van der Waals surface area (Å²) in [7, 11) is 0. The number of amides is 2. The van der Waals surface area contributed by atoms with Crippen molar-refractivity contribution in [3.63, 3.8) is 0 Å². The van der Waals surface area contributed by atoms with E-state index in [1.807, 2.05) is 0 Å². The Morgan fingerprint density at radius 2 is 2.19 bits per heavy atom. The topological polar surface area (TPSA) is 49.4 Å². The highest BCUT2D eigenvalue weighted by Gasteiger charge is 2.35. The van der Waals surface area contributed by atoms with E-state index in [0.717, 1.165) is 5.75 Å². The third kappa shape index (κ3) is 2.92. The first kappa shape index (κ1) is 12.9. The SMILES string of the molecule is C#CCSCCN1C(=O)C(C)NC(=O)C1C. The molecule has 4 nitrogen and oxygen atoms in total. The van der Waals surface area contributed by atoms with Crippen LogP contribution in [0.15, 0.2) is 0 Å². The molecule has 1 fully saturated rings. The Labute approximate surface area is 100 Å². The van der Waals surface area contributed by atoms with Gasteiger partial charge in [-0.3, -0.25) is 9.59 Å². The first-order valence-electron chi connectivity index (χ1n) is 5.20. The number of rotatable bonds is 4. The minimum Gasteiger partial charge on any atom is -0.343 e. The fraction of sp³-hybridized carbons (Fsp3) is 0.636. The number of piperazine rings is 1. The van der Waals surface area contributed by atoms with Crippen LogP contribution in [0.2, 0.25) is 0 Å².